The van der Waals surface area contributed by atoms with Gasteiger partial charge in [0, 0.05) is 23.1 Å². The van der Waals surface area contributed by atoms with E-state index in [1.165, 1.54) is 17.7 Å². The number of thiazole rings is 1. The summed E-state index contributed by atoms with van der Waals surface area (Å²) in [7, 11) is 0. The Bertz CT molecular complexity index is 565. The molecular formula is C12H13BrN4S. The second kappa shape index (κ2) is 4.93. The summed E-state index contributed by atoms with van der Waals surface area (Å²) in [4.78, 5) is 14.5. The molecule has 18 heavy (non-hydrogen) atoms. The zero-order valence-electron chi connectivity index (χ0n) is 9.98. The molecule has 0 atom stereocenters. The molecule has 0 amide bonds. The Labute approximate surface area is 118 Å². The number of hydrogen-bond acceptors (Lipinski definition) is 5. The molecular weight excluding hydrogens is 312 g/mol. The Balaban J connectivity index is 1.71. The molecule has 1 fully saturated rings. The van der Waals surface area contributed by atoms with Crippen molar-refractivity contribution in [1.82, 2.24) is 15.0 Å². The molecule has 4 nitrogen and oxygen atoms in total. The third-order valence-electron chi connectivity index (χ3n) is 2.74. The fourth-order valence-corrected chi connectivity index (χ4v) is 2.82. The van der Waals surface area contributed by atoms with Gasteiger partial charge < -0.3 is 5.32 Å². The summed E-state index contributed by atoms with van der Waals surface area (Å²) in [5.41, 5.74) is 0. The van der Waals surface area contributed by atoms with E-state index in [4.69, 9.17) is 0 Å². The van der Waals surface area contributed by atoms with Crippen LogP contribution in [0.5, 0.6) is 0 Å². The van der Waals surface area contributed by atoms with E-state index in [1.807, 2.05) is 12.3 Å². The van der Waals surface area contributed by atoms with Crippen LogP contribution >= 0.6 is 27.3 Å². The molecule has 2 aromatic heterocycles. The lowest BCUT2D eigenvalue weighted by Crippen LogP contribution is -2.04. The highest BCUT2D eigenvalue weighted by Crippen LogP contribution is 2.38. The summed E-state index contributed by atoms with van der Waals surface area (Å²) in [6, 6.07) is 1.91. The van der Waals surface area contributed by atoms with E-state index in [9.17, 15) is 0 Å². The van der Waals surface area contributed by atoms with Crippen LogP contribution in [0.4, 0.5) is 5.82 Å². The van der Waals surface area contributed by atoms with Gasteiger partial charge in [0.25, 0.3) is 0 Å². The average molecular weight is 325 g/mol. The number of nitrogens with one attached hydrogen (secondary N) is 1. The lowest BCUT2D eigenvalue weighted by Gasteiger charge is -2.06. The number of anilines is 1. The lowest BCUT2D eigenvalue weighted by atomic mass is 10.4. The molecule has 3 rings (SSSR count). The zero-order valence-corrected chi connectivity index (χ0v) is 12.4. The second-order valence-corrected chi connectivity index (χ2v) is 6.56. The molecule has 0 spiro atoms. The third kappa shape index (κ3) is 2.87. The van der Waals surface area contributed by atoms with Crippen LogP contribution < -0.4 is 5.32 Å². The maximum absolute atomic E-state index is 4.54. The van der Waals surface area contributed by atoms with Crippen molar-refractivity contribution >= 4 is 33.1 Å². The van der Waals surface area contributed by atoms with Gasteiger partial charge in [-0.15, -0.1) is 11.3 Å². The van der Waals surface area contributed by atoms with Crippen molar-refractivity contribution in [2.45, 2.75) is 32.2 Å². The fraction of sp³-hybridized carbons (Fsp3) is 0.417. The lowest BCUT2D eigenvalue weighted by molar-refractivity contribution is 0.909. The van der Waals surface area contributed by atoms with E-state index in [1.54, 1.807) is 11.3 Å². The molecule has 6 heteroatoms. The van der Waals surface area contributed by atoms with Gasteiger partial charge in [0.1, 0.15) is 21.3 Å². The quantitative estimate of drug-likeness (QED) is 0.874. The van der Waals surface area contributed by atoms with Gasteiger partial charge in [0.15, 0.2) is 0 Å². The predicted octanol–water partition coefficient (Wildman–Crippen LogP) is 3.49. The van der Waals surface area contributed by atoms with Crippen molar-refractivity contribution in [1.29, 1.82) is 0 Å². The zero-order chi connectivity index (χ0) is 12.5. The van der Waals surface area contributed by atoms with E-state index in [-0.39, 0.29) is 0 Å². The van der Waals surface area contributed by atoms with Crippen LogP contribution in [0.2, 0.25) is 0 Å². The molecule has 1 aliphatic rings. The summed E-state index contributed by atoms with van der Waals surface area (Å²) in [5, 5.41) is 4.38. The first-order chi connectivity index (χ1) is 8.70. The predicted molar refractivity (Wildman–Crippen MR) is 75.9 cm³/mol. The van der Waals surface area contributed by atoms with Gasteiger partial charge in [-0.25, -0.2) is 15.0 Å². The number of aryl methyl sites for hydroxylation is 1. The summed E-state index contributed by atoms with van der Waals surface area (Å²) in [6.45, 7) is 2.78. The maximum Gasteiger partial charge on any atom is 0.135 e. The first-order valence-corrected chi connectivity index (χ1v) is 7.51. The summed E-state index contributed by atoms with van der Waals surface area (Å²) in [6.07, 6.45) is 4.32. The normalized spacial score (nSPS) is 14.8. The van der Waals surface area contributed by atoms with Crippen LogP contribution in [0, 0.1) is 6.92 Å². The second-order valence-electron chi connectivity index (χ2n) is 4.43. The molecule has 0 bridgehead atoms. The van der Waals surface area contributed by atoms with E-state index in [0.717, 1.165) is 21.3 Å². The highest BCUT2D eigenvalue weighted by Gasteiger charge is 2.27. The highest BCUT2D eigenvalue weighted by atomic mass is 79.9. The molecule has 2 heterocycles. The third-order valence-corrected chi connectivity index (χ3v) is 4.06. The number of rotatable bonds is 4. The molecule has 0 aromatic carbocycles. The van der Waals surface area contributed by atoms with Crippen molar-refractivity contribution in [2.24, 2.45) is 0 Å². The minimum atomic E-state index is 0.560. The van der Waals surface area contributed by atoms with Crippen LogP contribution in [0.25, 0.3) is 0 Å². The standard InChI is InChI=1S/C12H13BrN4S/c1-7-5-15-11(18-7)6-14-10-4-9(13)16-12(17-10)8-2-3-8/h4-5,8H,2-3,6H2,1H3,(H,14,16,17). The molecule has 0 radical (unpaired) electrons. The number of halogens is 1. The van der Waals surface area contributed by atoms with E-state index in [0.29, 0.717) is 12.5 Å². The van der Waals surface area contributed by atoms with Gasteiger partial charge in [0.2, 0.25) is 0 Å². The average Bonchev–Trinajstić information content (AvgIpc) is 3.10. The smallest absolute Gasteiger partial charge is 0.135 e. The minimum absolute atomic E-state index is 0.560. The van der Waals surface area contributed by atoms with E-state index in [2.05, 4.69) is 43.1 Å². The number of aromatic nitrogens is 3. The van der Waals surface area contributed by atoms with Crippen molar-refractivity contribution in [3.63, 3.8) is 0 Å². The van der Waals surface area contributed by atoms with Crippen LogP contribution in [0.15, 0.2) is 16.9 Å². The SMILES string of the molecule is Cc1cnc(CNc2cc(Br)nc(C3CC3)n2)s1. The Kier molecular flexibility index (Phi) is 3.30. The van der Waals surface area contributed by atoms with Crippen molar-refractivity contribution in [3.8, 4) is 0 Å². The van der Waals surface area contributed by atoms with E-state index < -0.39 is 0 Å². The summed E-state index contributed by atoms with van der Waals surface area (Å²) >= 11 is 5.14. The van der Waals surface area contributed by atoms with Gasteiger partial charge in [-0.2, -0.15) is 0 Å². The molecule has 0 unspecified atom stereocenters. The van der Waals surface area contributed by atoms with Crippen LogP contribution in [-0.4, -0.2) is 15.0 Å². The largest absolute Gasteiger partial charge is 0.363 e. The van der Waals surface area contributed by atoms with Gasteiger partial charge in [0.05, 0.1) is 6.54 Å². The van der Waals surface area contributed by atoms with Gasteiger partial charge in [-0.1, -0.05) is 0 Å². The monoisotopic (exact) mass is 324 g/mol. The molecule has 94 valence electrons. The molecule has 1 saturated carbocycles. The van der Waals surface area contributed by atoms with Crippen LogP contribution in [-0.2, 0) is 6.54 Å². The van der Waals surface area contributed by atoms with Gasteiger partial charge in [-0.05, 0) is 35.7 Å². The highest BCUT2D eigenvalue weighted by molar-refractivity contribution is 9.10. The Morgan fingerprint density at radius 2 is 2.28 bits per heavy atom. The topological polar surface area (TPSA) is 50.7 Å². The fourth-order valence-electron chi connectivity index (χ4n) is 1.70. The van der Waals surface area contributed by atoms with Crippen molar-refractivity contribution < 1.29 is 0 Å². The van der Waals surface area contributed by atoms with Crippen molar-refractivity contribution in [2.75, 3.05) is 5.32 Å². The number of hydrogen-bond donors (Lipinski definition) is 1. The molecule has 1 N–H and O–H groups in total. The number of nitrogens with zero attached hydrogens (tertiary/aromatic N) is 3. The first-order valence-electron chi connectivity index (χ1n) is 5.90. The molecule has 0 aliphatic heterocycles. The van der Waals surface area contributed by atoms with E-state index >= 15 is 0 Å². The molecule has 1 aliphatic carbocycles. The van der Waals surface area contributed by atoms with Crippen LogP contribution in [0.1, 0.15) is 34.5 Å². The first kappa shape index (κ1) is 12.0. The summed E-state index contributed by atoms with van der Waals surface area (Å²) < 4.78 is 0.845. The summed E-state index contributed by atoms with van der Waals surface area (Å²) in [5.74, 6) is 2.37. The Morgan fingerprint density at radius 1 is 1.44 bits per heavy atom. The molecule has 2 aromatic rings. The van der Waals surface area contributed by atoms with Crippen LogP contribution in [0.3, 0.4) is 0 Å². The molecule has 0 saturated heterocycles. The van der Waals surface area contributed by atoms with Gasteiger partial charge in [-0.3, -0.25) is 0 Å². The maximum atomic E-state index is 4.54. The van der Waals surface area contributed by atoms with Gasteiger partial charge >= 0.3 is 0 Å². The Morgan fingerprint density at radius 3 is 2.94 bits per heavy atom. The van der Waals surface area contributed by atoms with Crippen molar-refractivity contribution in [3.05, 3.63) is 32.6 Å². The minimum Gasteiger partial charge on any atom is -0.363 e. The Hall–Kier alpha value is -1.01.